The summed E-state index contributed by atoms with van der Waals surface area (Å²) in [6.07, 6.45) is 8.25. The molecule has 22 heavy (non-hydrogen) atoms. The van der Waals surface area contributed by atoms with E-state index in [0.29, 0.717) is 5.89 Å². The molecule has 3 rings (SSSR count). The van der Waals surface area contributed by atoms with Gasteiger partial charge >= 0.3 is 0 Å². The van der Waals surface area contributed by atoms with Gasteiger partial charge in [-0.15, -0.1) is 10.2 Å². The van der Waals surface area contributed by atoms with Gasteiger partial charge in [-0.25, -0.2) is 0 Å². The Bertz CT molecular complexity index is 453. The van der Waals surface area contributed by atoms with Gasteiger partial charge in [-0.2, -0.15) is 0 Å². The highest BCUT2D eigenvalue weighted by molar-refractivity contribution is 4.90. The molecule has 0 aromatic carbocycles. The van der Waals surface area contributed by atoms with Crippen molar-refractivity contribution in [2.45, 2.75) is 58.4 Å². The van der Waals surface area contributed by atoms with Crippen molar-refractivity contribution < 1.29 is 4.42 Å². The molecule has 2 aliphatic rings. The van der Waals surface area contributed by atoms with Crippen LogP contribution >= 0.6 is 0 Å². The van der Waals surface area contributed by atoms with Gasteiger partial charge in [0, 0.05) is 20.0 Å². The Balaban J connectivity index is 1.54. The average molecular weight is 306 g/mol. The summed E-state index contributed by atoms with van der Waals surface area (Å²) in [6.45, 7) is 10.2. The molecule has 0 unspecified atom stereocenters. The molecule has 2 atom stereocenters. The van der Waals surface area contributed by atoms with Crippen LogP contribution in [0.25, 0.3) is 0 Å². The van der Waals surface area contributed by atoms with Crippen LogP contribution in [0.1, 0.15) is 63.3 Å². The third-order valence-electron chi connectivity index (χ3n) is 5.21. The van der Waals surface area contributed by atoms with E-state index in [0.717, 1.165) is 18.4 Å². The van der Waals surface area contributed by atoms with E-state index in [1.165, 1.54) is 64.7 Å². The van der Waals surface area contributed by atoms with Crippen LogP contribution in [0, 0.1) is 12.8 Å². The summed E-state index contributed by atoms with van der Waals surface area (Å²) in [5.74, 6) is 2.23. The number of rotatable bonds is 4. The second-order valence-electron chi connectivity index (χ2n) is 7.05. The first-order valence-electron chi connectivity index (χ1n) is 8.99. The van der Waals surface area contributed by atoms with Crippen molar-refractivity contribution in [3.8, 4) is 0 Å². The Kier molecular flexibility index (Phi) is 5.47. The summed E-state index contributed by atoms with van der Waals surface area (Å²) in [6, 6.07) is 0.244. The first kappa shape index (κ1) is 15.9. The lowest BCUT2D eigenvalue weighted by molar-refractivity contribution is 0.0933. The van der Waals surface area contributed by atoms with Crippen LogP contribution in [0.2, 0.25) is 0 Å². The maximum absolute atomic E-state index is 5.63. The van der Waals surface area contributed by atoms with Crippen LogP contribution in [0.5, 0.6) is 0 Å². The highest BCUT2D eigenvalue weighted by Crippen LogP contribution is 2.27. The van der Waals surface area contributed by atoms with E-state index in [1.54, 1.807) is 0 Å². The molecule has 5 nitrogen and oxygen atoms in total. The Morgan fingerprint density at radius 3 is 2.55 bits per heavy atom. The number of aromatic nitrogens is 2. The fourth-order valence-electron chi connectivity index (χ4n) is 3.92. The number of likely N-dealkylation sites (tertiary alicyclic amines) is 2. The van der Waals surface area contributed by atoms with Crippen LogP contribution in [-0.4, -0.2) is 52.7 Å². The summed E-state index contributed by atoms with van der Waals surface area (Å²) in [4.78, 5) is 5.22. The van der Waals surface area contributed by atoms with Crippen molar-refractivity contribution in [1.29, 1.82) is 0 Å². The van der Waals surface area contributed by atoms with Gasteiger partial charge in [0.1, 0.15) is 0 Å². The minimum absolute atomic E-state index is 0.244. The molecule has 2 saturated heterocycles. The highest BCUT2D eigenvalue weighted by Gasteiger charge is 2.28. The Morgan fingerprint density at radius 2 is 1.86 bits per heavy atom. The zero-order valence-electron chi connectivity index (χ0n) is 14.1. The van der Waals surface area contributed by atoms with Crippen LogP contribution in [-0.2, 0) is 0 Å². The molecule has 1 aromatic rings. The van der Waals surface area contributed by atoms with Crippen molar-refractivity contribution in [3.63, 3.8) is 0 Å². The van der Waals surface area contributed by atoms with Gasteiger partial charge in [0.25, 0.3) is 0 Å². The average Bonchev–Trinajstić information content (AvgIpc) is 2.80. The molecule has 5 heteroatoms. The summed E-state index contributed by atoms with van der Waals surface area (Å²) in [5.41, 5.74) is 0. The van der Waals surface area contributed by atoms with Gasteiger partial charge in [0.15, 0.2) is 0 Å². The molecule has 0 bridgehead atoms. The second kappa shape index (κ2) is 7.55. The lowest BCUT2D eigenvalue weighted by Gasteiger charge is -2.37. The van der Waals surface area contributed by atoms with Crippen LogP contribution in [0.4, 0.5) is 0 Å². The van der Waals surface area contributed by atoms with E-state index < -0.39 is 0 Å². The SMILES string of the molecule is Cc1nnc([C@H](C)N2CCC[C@@H](CN3CCCCCC3)C2)o1. The summed E-state index contributed by atoms with van der Waals surface area (Å²) in [7, 11) is 0. The lowest BCUT2D eigenvalue weighted by atomic mass is 9.96. The fourth-order valence-corrected chi connectivity index (χ4v) is 3.92. The van der Waals surface area contributed by atoms with Gasteiger partial charge in [0.2, 0.25) is 11.8 Å². The molecule has 0 spiro atoms. The summed E-state index contributed by atoms with van der Waals surface area (Å²) >= 11 is 0. The van der Waals surface area contributed by atoms with Crippen LogP contribution in [0.15, 0.2) is 4.42 Å². The third kappa shape index (κ3) is 4.07. The van der Waals surface area contributed by atoms with Crippen molar-refractivity contribution in [1.82, 2.24) is 20.0 Å². The van der Waals surface area contributed by atoms with Gasteiger partial charge in [-0.05, 0) is 58.2 Å². The zero-order valence-corrected chi connectivity index (χ0v) is 14.1. The van der Waals surface area contributed by atoms with E-state index in [2.05, 4.69) is 26.9 Å². The molecule has 3 heterocycles. The van der Waals surface area contributed by atoms with Gasteiger partial charge < -0.3 is 9.32 Å². The van der Waals surface area contributed by atoms with Crippen LogP contribution in [0.3, 0.4) is 0 Å². The maximum Gasteiger partial charge on any atom is 0.233 e. The highest BCUT2D eigenvalue weighted by atomic mass is 16.4. The normalized spacial score (nSPS) is 26.7. The summed E-state index contributed by atoms with van der Waals surface area (Å²) in [5, 5.41) is 8.18. The van der Waals surface area contributed by atoms with Crippen molar-refractivity contribution in [3.05, 3.63) is 11.8 Å². The number of nitrogens with zero attached hydrogens (tertiary/aromatic N) is 4. The predicted octanol–water partition coefficient (Wildman–Crippen LogP) is 3.03. The minimum atomic E-state index is 0.244. The Labute approximate surface area is 134 Å². The second-order valence-corrected chi connectivity index (χ2v) is 7.05. The molecule has 1 aromatic heterocycles. The first-order chi connectivity index (χ1) is 10.7. The zero-order chi connectivity index (χ0) is 15.4. The van der Waals surface area contributed by atoms with Gasteiger partial charge in [-0.3, -0.25) is 4.90 Å². The van der Waals surface area contributed by atoms with E-state index >= 15 is 0 Å². The Hall–Kier alpha value is -0.940. The lowest BCUT2D eigenvalue weighted by Crippen LogP contribution is -2.42. The number of aryl methyl sites for hydroxylation is 1. The molecule has 2 aliphatic heterocycles. The van der Waals surface area contributed by atoms with Crippen molar-refractivity contribution in [2.75, 3.05) is 32.7 Å². The topological polar surface area (TPSA) is 45.4 Å². The number of piperidine rings is 1. The van der Waals surface area contributed by atoms with Crippen molar-refractivity contribution in [2.24, 2.45) is 5.92 Å². The molecule has 0 saturated carbocycles. The molecular formula is C17H30N4O. The van der Waals surface area contributed by atoms with E-state index in [-0.39, 0.29) is 6.04 Å². The monoisotopic (exact) mass is 306 g/mol. The molecule has 0 N–H and O–H groups in total. The molecule has 2 fully saturated rings. The van der Waals surface area contributed by atoms with E-state index in [1.807, 2.05) is 6.92 Å². The largest absolute Gasteiger partial charge is 0.424 e. The number of hydrogen-bond acceptors (Lipinski definition) is 5. The predicted molar refractivity (Wildman–Crippen MR) is 86.7 cm³/mol. The van der Waals surface area contributed by atoms with Gasteiger partial charge in [-0.1, -0.05) is 12.8 Å². The fraction of sp³-hybridized carbons (Fsp3) is 0.882. The third-order valence-corrected chi connectivity index (χ3v) is 5.21. The smallest absolute Gasteiger partial charge is 0.233 e. The van der Waals surface area contributed by atoms with Crippen molar-refractivity contribution >= 4 is 0 Å². The molecule has 0 radical (unpaired) electrons. The minimum Gasteiger partial charge on any atom is -0.424 e. The summed E-state index contributed by atoms with van der Waals surface area (Å²) < 4.78 is 5.63. The van der Waals surface area contributed by atoms with E-state index in [4.69, 9.17) is 4.42 Å². The first-order valence-corrected chi connectivity index (χ1v) is 8.99. The molecule has 0 amide bonds. The van der Waals surface area contributed by atoms with E-state index in [9.17, 15) is 0 Å². The van der Waals surface area contributed by atoms with Gasteiger partial charge in [0.05, 0.1) is 6.04 Å². The number of hydrogen-bond donors (Lipinski definition) is 0. The Morgan fingerprint density at radius 1 is 1.09 bits per heavy atom. The molecular weight excluding hydrogens is 276 g/mol. The quantitative estimate of drug-likeness (QED) is 0.855. The molecule has 124 valence electrons. The van der Waals surface area contributed by atoms with Crippen LogP contribution < -0.4 is 0 Å². The molecule has 0 aliphatic carbocycles. The maximum atomic E-state index is 5.63. The standard InChI is InChI=1S/C17H30N4O/c1-14(17-19-18-15(2)22-17)21-11-7-8-16(13-21)12-20-9-5-3-4-6-10-20/h14,16H,3-13H2,1-2H3/t14-,16-/m0/s1.